The quantitative estimate of drug-likeness (QED) is 0.729. The van der Waals surface area contributed by atoms with Gasteiger partial charge in [-0.15, -0.1) is 0 Å². The second-order valence-corrected chi connectivity index (χ2v) is 6.13. The minimum atomic E-state index is -1.00. The van der Waals surface area contributed by atoms with Gasteiger partial charge in [-0.25, -0.2) is 0 Å². The predicted molar refractivity (Wildman–Crippen MR) is 91.9 cm³/mol. The standard InChI is InChI=1S/C18H22N2O6/c1-24-17(22)11-15-18(23)20(13-5-2-3-6-14(13)26-15)12-16(21)19-7-4-9-25-10-8-19/h2-3,5-6,15H,4,7-12H2,1H3. The molecule has 3 rings (SSSR count). The number of benzene rings is 1. The fourth-order valence-electron chi connectivity index (χ4n) is 3.03. The molecule has 8 nitrogen and oxygen atoms in total. The first-order valence-electron chi connectivity index (χ1n) is 8.59. The Bertz CT molecular complexity index is 684. The number of carbonyl (C=O) groups is 3. The van der Waals surface area contributed by atoms with E-state index < -0.39 is 18.0 Å². The molecule has 0 saturated carbocycles. The van der Waals surface area contributed by atoms with Gasteiger partial charge in [0.25, 0.3) is 5.91 Å². The van der Waals surface area contributed by atoms with Gasteiger partial charge < -0.3 is 19.1 Å². The molecule has 2 aliphatic heterocycles. The van der Waals surface area contributed by atoms with Crippen LogP contribution in [0.3, 0.4) is 0 Å². The zero-order valence-electron chi connectivity index (χ0n) is 14.7. The minimum absolute atomic E-state index is 0.100. The molecule has 1 saturated heterocycles. The maximum absolute atomic E-state index is 12.8. The molecule has 26 heavy (non-hydrogen) atoms. The number of anilines is 1. The first-order valence-corrected chi connectivity index (χ1v) is 8.59. The van der Waals surface area contributed by atoms with Crippen molar-refractivity contribution >= 4 is 23.5 Å². The van der Waals surface area contributed by atoms with Gasteiger partial charge in [-0.05, 0) is 18.6 Å². The molecule has 0 aromatic heterocycles. The van der Waals surface area contributed by atoms with Gasteiger partial charge in [0.05, 0.1) is 25.8 Å². The van der Waals surface area contributed by atoms with E-state index in [4.69, 9.17) is 9.47 Å². The minimum Gasteiger partial charge on any atom is -0.478 e. The van der Waals surface area contributed by atoms with E-state index in [1.54, 1.807) is 29.2 Å². The van der Waals surface area contributed by atoms with Crippen LogP contribution < -0.4 is 9.64 Å². The topological polar surface area (TPSA) is 85.4 Å². The number of esters is 1. The number of rotatable bonds is 4. The first-order chi connectivity index (χ1) is 12.6. The van der Waals surface area contributed by atoms with E-state index in [-0.39, 0.29) is 18.9 Å². The van der Waals surface area contributed by atoms with Crippen molar-refractivity contribution in [2.75, 3.05) is 44.9 Å². The highest BCUT2D eigenvalue weighted by Crippen LogP contribution is 2.34. The van der Waals surface area contributed by atoms with Crippen LogP contribution >= 0.6 is 0 Å². The lowest BCUT2D eigenvalue weighted by Crippen LogP contribution is -2.51. The fraction of sp³-hybridized carbons (Fsp3) is 0.500. The number of hydrogen-bond donors (Lipinski definition) is 0. The van der Waals surface area contributed by atoms with Crippen LogP contribution in [0.4, 0.5) is 5.69 Å². The summed E-state index contributed by atoms with van der Waals surface area (Å²) in [6.07, 6.45) is -0.436. The van der Waals surface area contributed by atoms with E-state index in [9.17, 15) is 14.4 Å². The number of fused-ring (bicyclic) bond motifs is 1. The van der Waals surface area contributed by atoms with Gasteiger partial charge in [0.2, 0.25) is 5.91 Å². The average molecular weight is 362 g/mol. The summed E-state index contributed by atoms with van der Waals surface area (Å²) in [5, 5.41) is 0. The molecule has 0 N–H and O–H groups in total. The van der Waals surface area contributed by atoms with E-state index in [1.807, 2.05) is 0 Å². The lowest BCUT2D eigenvalue weighted by Gasteiger charge is -2.34. The molecule has 2 aliphatic rings. The highest BCUT2D eigenvalue weighted by Gasteiger charge is 2.37. The number of ether oxygens (including phenoxy) is 3. The monoisotopic (exact) mass is 362 g/mol. The summed E-state index contributed by atoms with van der Waals surface area (Å²) in [6.45, 7) is 2.13. The molecule has 1 unspecified atom stereocenters. The van der Waals surface area contributed by atoms with Crippen LogP contribution in [-0.2, 0) is 23.9 Å². The van der Waals surface area contributed by atoms with Crippen molar-refractivity contribution < 1.29 is 28.6 Å². The molecule has 8 heteroatoms. The van der Waals surface area contributed by atoms with Crippen molar-refractivity contribution in [2.24, 2.45) is 0 Å². The highest BCUT2D eigenvalue weighted by molar-refractivity contribution is 6.05. The summed E-state index contributed by atoms with van der Waals surface area (Å²) < 4.78 is 15.7. The van der Waals surface area contributed by atoms with Gasteiger partial charge in [0.15, 0.2) is 6.10 Å². The highest BCUT2D eigenvalue weighted by atomic mass is 16.5. The summed E-state index contributed by atoms with van der Waals surface area (Å²) in [5.41, 5.74) is 0.526. The molecule has 140 valence electrons. The molecular formula is C18H22N2O6. The maximum Gasteiger partial charge on any atom is 0.309 e. The first kappa shape index (κ1) is 18.2. The largest absolute Gasteiger partial charge is 0.478 e. The molecule has 1 atom stereocenters. The molecule has 1 aromatic rings. The Labute approximate surface area is 151 Å². The van der Waals surface area contributed by atoms with Crippen LogP contribution in [0.2, 0.25) is 0 Å². The number of hydrogen-bond acceptors (Lipinski definition) is 6. The normalized spacial score (nSPS) is 20.0. The van der Waals surface area contributed by atoms with Crippen LogP contribution in [0.15, 0.2) is 24.3 Å². The Morgan fingerprint density at radius 1 is 1.23 bits per heavy atom. The Morgan fingerprint density at radius 2 is 2.04 bits per heavy atom. The molecule has 0 bridgehead atoms. The Hall–Kier alpha value is -2.61. The third kappa shape index (κ3) is 3.96. The number of para-hydroxylation sites is 2. The second kappa shape index (κ2) is 8.18. The number of carbonyl (C=O) groups excluding carboxylic acids is 3. The maximum atomic E-state index is 12.8. The van der Waals surface area contributed by atoms with Gasteiger partial charge in [0.1, 0.15) is 12.3 Å². The third-order valence-corrected chi connectivity index (χ3v) is 4.41. The number of methoxy groups -OCH3 is 1. The number of amides is 2. The molecule has 2 heterocycles. The molecular weight excluding hydrogens is 340 g/mol. The van der Waals surface area contributed by atoms with Crippen LogP contribution in [0.25, 0.3) is 0 Å². The van der Waals surface area contributed by atoms with Gasteiger partial charge in [-0.2, -0.15) is 0 Å². The summed E-state index contributed by atoms with van der Waals surface area (Å²) in [6, 6.07) is 6.98. The molecule has 1 fully saturated rings. The van der Waals surface area contributed by atoms with E-state index >= 15 is 0 Å². The lowest BCUT2D eigenvalue weighted by atomic mass is 10.1. The van der Waals surface area contributed by atoms with E-state index in [2.05, 4.69) is 4.74 Å². The van der Waals surface area contributed by atoms with Crippen molar-refractivity contribution in [3.05, 3.63) is 24.3 Å². The molecule has 0 spiro atoms. The third-order valence-electron chi connectivity index (χ3n) is 4.41. The summed E-state index contributed by atoms with van der Waals surface area (Å²) in [4.78, 5) is 40.2. The summed E-state index contributed by atoms with van der Waals surface area (Å²) >= 11 is 0. The van der Waals surface area contributed by atoms with E-state index in [0.717, 1.165) is 6.42 Å². The number of nitrogens with zero attached hydrogens (tertiary/aromatic N) is 2. The van der Waals surface area contributed by atoms with Crippen molar-refractivity contribution in [3.8, 4) is 5.75 Å². The van der Waals surface area contributed by atoms with Crippen molar-refractivity contribution in [2.45, 2.75) is 18.9 Å². The van der Waals surface area contributed by atoms with Gasteiger partial charge >= 0.3 is 5.97 Å². The van der Waals surface area contributed by atoms with Crippen LogP contribution in [0.1, 0.15) is 12.8 Å². The van der Waals surface area contributed by atoms with Gasteiger partial charge in [-0.1, -0.05) is 12.1 Å². The average Bonchev–Trinajstić information content (AvgIpc) is 2.94. The Morgan fingerprint density at radius 3 is 2.85 bits per heavy atom. The van der Waals surface area contributed by atoms with E-state index in [1.165, 1.54) is 12.0 Å². The smallest absolute Gasteiger partial charge is 0.309 e. The molecule has 2 amide bonds. The van der Waals surface area contributed by atoms with Gasteiger partial charge in [0, 0.05) is 19.7 Å². The van der Waals surface area contributed by atoms with Gasteiger partial charge in [-0.3, -0.25) is 19.3 Å². The summed E-state index contributed by atoms with van der Waals surface area (Å²) in [7, 11) is 1.26. The SMILES string of the molecule is COC(=O)CC1Oc2ccccc2N(CC(=O)N2CCCOCC2)C1=O. The molecule has 0 aliphatic carbocycles. The van der Waals surface area contributed by atoms with Crippen LogP contribution in [0.5, 0.6) is 5.75 Å². The Kier molecular flexibility index (Phi) is 5.72. The van der Waals surface area contributed by atoms with Crippen molar-refractivity contribution in [1.82, 2.24) is 4.90 Å². The molecule has 0 radical (unpaired) electrons. The second-order valence-electron chi connectivity index (χ2n) is 6.13. The zero-order valence-corrected chi connectivity index (χ0v) is 14.7. The van der Waals surface area contributed by atoms with Crippen LogP contribution in [-0.4, -0.2) is 68.7 Å². The van der Waals surface area contributed by atoms with E-state index in [0.29, 0.717) is 37.7 Å². The Balaban J connectivity index is 1.80. The molecule has 1 aromatic carbocycles. The van der Waals surface area contributed by atoms with Crippen molar-refractivity contribution in [1.29, 1.82) is 0 Å². The fourth-order valence-corrected chi connectivity index (χ4v) is 3.03. The zero-order chi connectivity index (χ0) is 18.5. The summed E-state index contributed by atoms with van der Waals surface area (Å²) in [5.74, 6) is -0.655. The lowest BCUT2D eigenvalue weighted by molar-refractivity contribution is -0.145. The van der Waals surface area contributed by atoms with Crippen molar-refractivity contribution in [3.63, 3.8) is 0 Å². The predicted octanol–water partition coefficient (Wildman–Crippen LogP) is 0.593. The van der Waals surface area contributed by atoms with Crippen LogP contribution in [0, 0.1) is 0 Å².